The first-order valence-corrected chi connectivity index (χ1v) is 7.40. The molecule has 0 spiro atoms. The standard InChI is InChI=1S/C16H24N2O2/c1-12(2)15-5-4-14(10-13(15)3)20-11-16(19)18-8-6-17-7-9-18/h4-5,10,12,17H,6-9,11H2,1-3H3/p+1. The molecule has 1 heterocycles. The Labute approximate surface area is 121 Å². The van der Waals surface area contributed by atoms with E-state index in [1.807, 2.05) is 17.0 Å². The molecule has 1 amide bonds. The van der Waals surface area contributed by atoms with Crippen molar-refractivity contribution in [2.24, 2.45) is 0 Å². The van der Waals surface area contributed by atoms with Crippen molar-refractivity contribution < 1.29 is 14.8 Å². The molecule has 0 saturated carbocycles. The number of carbonyl (C=O) groups excluding carboxylic acids is 1. The summed E-state index contributed by atoms with van der Waals surface area (Å²) in [6.45, 7) is 10.2. The van der Waals surface area contributed by atoms with Gasteiger partial charge in [-0.3, -0.25) is 4.79 Å². The molecule has 0 radical (unpaired) electrons. The van der Waals surface area contributed by atoms with Crippen LogP contribution in [0, 0.1) is 6.92 Å². The Bertz CT molecular complexity index is 466. The normalized spacial score (nSPS) is 15.5. The van der Waals surface area contributed by atoms with Gasteiger partial charge in [0.25, 0.3) is 5.91 Å². The molecule has 1 aromatic carbocycles. The lowest BCUT2D eigenvalue weighted by molar-refractivity contribution is -0.662. The summed E-state index contributed by atoms with van der Waals surface area (Å²) in [6.07, 6.45) is 0. The Morgan fingerprint density at radius 1 is 1.35 bits per heavy atom. The second-order valence-corrected chi connectivity index (χ2v) is 5.71. The Morgan fingerprint density at radius 2 is 2.05 bits per heavy atom. The van der Waals surface area contributed by atoms with Crippen LogP contribution >= 0.6 is 0 Å². The Morgan fingerprint density at radius 3 is 2.65 bits per heavy atom. The summed E-state index contributed by atoms with van der Waals surface area (Å²) in [5, 5.41) is 2.23. The van der Waals surface area contributed by atoms with E-state index in [4.69, 9.17) is 4.74 Å². The summed E-state index contributed by atoms with van der Waals surface area (Å²) in [4.78, 5) is 13.9. The van der Waals surface area contributed by atoms with Crippen LogP contribution < -0.4 is 10.1 Å². The largest absolute Gasteiger partial charge is 0.484 e. The lowest BCUT2D eigenvalue weighted by atomic mass is 9.98. The highest BCUT2D eigenvalue weighted by Crippen LogP contribution is 2.23. The van der Waals surface area contributed by atoms with E-state index in [1.165, 1.54) is 11.1 Å². The van der Waals surface area contributed by atoms with Crippen molar-refractivity contribution >= 4 is 5.91 Å². The minimum absolute atomic E-state index is 0.0867. The summed E-state index contributed by atoms with van der Waals surface area (Å²) in [6, 6.07) is 6.07. The maximum Gasteiger partial charge on any atom is 0.260 e. The number of piperazine rings is 1. The molecule has 4 heteroatoms. The summed E-state index contributed by atoms with van der Waals surface area (Å²) in [5.41, 5.74) is 2.55. The fourth-order valence-electron chi connectivity index (χ4n) is 2.62. The zero-order valence-electron chi connectivity index (χ0n) is 12.7. The van der Waals surface area contributed by atoms with Gasteiger partial charge in [0.15, 0.2) is 6.61 Å². The first kappa shape index (κ1) is 14.9. The summed E-state index contributed by atoms with van der Waals surface area (Å²) >= 11 is 0. The molecular formula is C16H25N2O2+. The number of carbonyl (C=O) groups is 1. The predicted molar refractivity (Wildman–Crippen MR) is 79.0 cm³/mol. The zero-order chi connectivity index (χ0) is 14.5. The number of rotatable bonds is 4. The van der Waals surface area contributed by atoms with Crippen LogP contribution in [0.15, 0.2) is 18.2 Å². The molecule has 1 aromatic rings. The van der Waals surface area contributed by atoms with Crippen molar-refractivity contribution in [3.63, 3.8) is 0 Å². The van der Waals surface area contributed by atoms with Gasteiger partial charge in [0.05, 0.1) is 26.2 Å². The molecule has 20 heavy (non-hydrogen) atoms. The van der Waals surface area contributed by atoms with Gasteiger partial charge in [0, 0.05) is 0 Å². The van der Waals surface area contributed by atoms with Crippen molar-refractivity contribution in [1.82, 2.24) is 4.90 Å². The first-order valence-electron chi connectivity index (χ1n) is 7.40. The fourth-order valence-corrected chi connectivity index (χ4v) is 2.62. The molecule has 0 bridgehead atoms. The average Bonchev–Trinajstić information content (AvgIpc) is 2.45. The minimum Gasteiger partial charge on any atom is -0.484 e. The van der Waals surface area contributed by atoms with E-state index in [-0.39, 0.29) is 12.5 Å². The zero-order valence-corrected chi connectivity index (χ0v) is 12.7. The quantitative estimate of drug-likeness (QED) is 0.889. The number of hydrogen-bond acceptors (Lipinski definition) is 2. The highest BCUT2D eigenvalue weighted by atomic mass is 16.5. The third kappa shape index (κ3) is 3.73. The van der Waals surface area contributed by atoms with Gasteiger partial charge in [-0.05, 0) is 36.1 Å². The van der Waals surface area contributed by atoms with Gasteiger partial charge in [-0.25, -0.2) is 0 Å². The van der Waals surface area contributed by atoms with Crippen molar-refractivity contribution in [2.45, 2.75) is 26.7 Å². The number of hydrogen-bond donors (Lipinski definition) is 1. The third-order valence-corrected chi connectivity index (χ3v) is 3.78. The number of aryl methyl sites for hydroxylation is 1. The third-order valence-electron chi connectivity index (χ3n) is 3.78. The molecule has 0 unspecified atom stereocenters. The van der Waals surface area contributed by atoms with Crippen LogP contribution in [-0.2, 0) is 4.79 Å². The smallest absolute Gasteiger partial charge is 0.260 e. The van der Waals surface area contributed by atoms with E-state index in [0.29, 0.717) is 5.92 Å². The van der Waals surface area contributed by atoms with Crippen molar-refractivity contribution in [2.75, 3.05) is 32.8 Å². The van der Waals surface area contributed by atoms with E-state index in [2.05, 4.69) is 32.2 Å². The monoisotopic (exact) mass is 277 g/mol. The molecule has 1 aliphatic heterocycles. The van der Waals surface area contributed by atoms with Gasteiger partial charge in [-0.1, -0.05) is 19.9 Å². The maximum atomic E-state index is 12.0. The maximum absolute atomic E-state index is 12.0. The second kappa shape index (κ2) is 6.75. The minimum atomic E-state index is 0.0867. The number of nitrogens with two attached hydrogens (primary N) is 1. The highest BCUT2D eigenvalue weighted by Gasteiger charge is 2.18. The Balaban J connectivity index is 1.90. The van der Waals surface area contributed by atoms with E-state index >= 15 is 0 Å². The summed E-state index contributed by atoms with van der Waals surface area (Å²) in [7, 11) is 0. The van der Waals surface area contributed by atoms with Gasteiger partial charge in [-0.15, -0.1) is 0 Å². The van der Waals surface area contributed by atoms with Crippen LogP contribution in [0.4, 0.5) is 0 Å². The predicted octanol–water partition coefficient (Wildman–Crippen LogP) is 0.903. The molecule has 2 N–H and O–H groups in total. The van der Waals surface area contributed by atoms with Crippen molar-refractivity contribution in [3.8, 4) is 5.75 Å². The SMILES string of the molecule is Cc1cc(OCC(=O)N2CC[NH2+]CC2)ccc1C(C)C. The van der Waals surface area contributed by atoms with Crippen LogP contribution in [0.2, 0.25) is 0 Å². The molecule has 0 aromatic heterocycles. The van der Waals surface area contributed by atoms with Crippen LogP contribution in [0.5, 0.6) is 5.75 Å². The van der Waals surface area contributed by atoms with Gasteiger partial charge in [0.1, 0.15) is 5.75 Å². The molecule has 110 valence electrons. The lowest BCUT2D eigenvalue weighted by Gasteiger charge is -2.25. The lowest BCUT2D eigenvalue weighted by Crippen LogP contribution is -2.90. The van der Waals surface area contributed by atoms with E-state index in [1.54, 1.807) is 0 Å². The highest BCUT2D eigenvalue weighted by molar-refractivity contribution is 5.77. The van der Waals surface area contributed by atoms with E-state index in [9.17, 15) is 4.79 Å². The van der Waals surface area contributed by atoms with Crippen LogP contribution in [0.25, 0.3) is 0 Å². The molecule has 2 rings (SSSR count). The Kier molecular flexibility index (Phi) is 5.01. The Hall–Kier alpha value is -1.55. The van der Waals surface area contributed by atoms with E-state index in [0.717, 1.165) is 31.9 Å². The first-order chi connectivity index (χ1) is 9.58. The summed E-state index contributed by atoms with van der Waals surface area (Å²) < 4.78 is 5.64. The van der Waals surface area contributed by atoms with Crippen molar-refractivity contribution in [1.29, 1.82) is 0 Å². The van der Waals surface area contributed by atoms with E-state index < -0.39 is 0 Å². The molecule has 4 nitrogen and oxygen atoms in total. The van der Waals surface area contributed by atoms with Crippen LogP contribution in [-0.4, -0.2) is 43.6 Å². The van der Waals surface area contributed by atoms with Gasteiger partial charge in [-0.2, -0.15) is 0 Å². The van der Waals surface area contributed by atoms with Crippen molar-refractivity contribution in [3.05, 3.63) is 29.3 Å². The number of nitrogens with zero attached hydrogens (tertiary/aromatic N) is 1. The summed E-state index contributed by atoms with van der Waals surface area (Å²) in [5.74, 6) is 1.38. The topological polar surface area (TPSA) is 46.1 Å². The van der Waals surface area contributed by atoms with Crippen LogP contribution in [0.1, 0.15) is 30.9 Å². The number of amides is 1. The molecule has 1 fully saturated rings. The average molecular weight is 277 g/mol. The molecule has 1 aliphatic rings. The van der Waals surface area contributed by atoms with Gasteiger partial charge < -0.3 is 15.0 Å². The fraction of sp³-hybridized carbons (Fsp3) is 0.562. The van der Waals surface area contributed by atoms with Gasteiger partial charge >= 0.3 is 0 Å². The van der Waals surface area contributed by atoms with Gasteiger partial charge in [0.2, 0.25) is 0 Å². The number of quaternary nitrogens is 1. The second-order valence-electron chi connectivity index (χ2n) is 5.71. The molecule has 0 atom stereocenters. The molecule has 0 aliphatic carbocycles. The number of ether oxygens (including phenoxy) is 1. The molecule has 1 saturated heterocycles. The molecular weight excluding hydrogens is 252 g/mol. The van der Waals surface area contributed by atoms with Crippen LogP contribution in [0.3, 0.4) is 0 Å². The number of benzene rings is 1.